The predicted octanol–water partition coefficient (Wildman–Crippen LogP) is 0.659. The highest BCUT2D eigenvalue weighted by atomic mass is 32.2. The molecule has 0 saturated heterocycles. The van der Waals surface area contributed by atoms with Gasteiger partial charge in [0.05, 0.1) is 6.20 Å². The molecule has 3 N–H and O–H groups in total. The van der Waals surface area contributed by atoms with E-state index >= 15 is 0 Å². The average Bonchev–Trinajstić information content (AvgIpc) is 2.60. The summed E-state index contributed by atoms with van der Waals surface area (Å²) in [4.78, 5) is 0.0509. The molecular formula is C9H18N4O2S. The zero-order valence-corrected chi connectivity index (χ0v) is 10.6. The number of rotatable bonds is 5. The number of H-pyrrole nitrogens is 1. The Labute approximate surface area is 95.9 Å². The minimum atomic E-state index is -3.52. The topological polar surface area (TPSA) is 92.1 Å². The van der Waals surface area contributed by atoms with Gasteiger partial charge in [0, 0.05) is 13.1 Å². The molecule has 0 bridgehead atoms. The molecule has 0 spiro atoms. The number of hydrogen-bond donors (Lipinski definition) is 2. The van der Waals surface area contributed by atoms with Crippen LogP contribution in [0.3, 0.4) is 0 Å². The Hall–Kier alpha value is -1.08. The number of hydrogen-bond acceptors (Lipinski definition) is 4. The fourth-order valence-corrected chi connectivity index (χ4v) is 3.06. The first-order valence-electron chi connectivity index (χ1n) is 5.18. The van der Waals surface area contributed by atoms with E-state index in [9.17, 15) is 8.42 Å². The molecule has 0 aromatic carbocycles. The van der Waals surface area contributed by atoms with Crippen molar-refractivity contribution in [3.8, 4) is 0 Å². The average molecular weight is 246 g/mol. The van der Waals surface area contributed by atoms with Crippen LogP contribution in [0.25, 0.3) is 0 Å². The van der Waals surface area contributed by atoms with E-state index in [0.29, 0.717) is 13.1 Å². The number of nitrogens with one attached hydrogen (secondary N) is 1. The summed E-state index contributed by atoms with van der Waals surface area (Å²) < 4.78 is 25.7. The molecule has 0 atom stereocenters. The number of nitrogen functional groups attached to an aromatic ring is 1. The molecule has 0 aliphatic rings. The molecule has 0 aliphatic heterocycles. The fourth-order valence-electron chi connectivity index (χ4n) is 1.43. The van der Waals surface area contributed by atoms with Gasteiger partial charge in [-0.25, -0.2) is 8.42 Å². The fraction of sp³-hybridized carbons (Fsp3) is 0.667. The van der Waals surface area contributed by atoms with Gasteiger partial charge in [0.25, 0.3) is 0 Å². The van der Waals surface area contributed by atoms with Crippen molar-refractivity contribution in [1.82, 2.24) is 14.5 Å². The molecule has 0 unspecified atom stereocenters. The smallest absolute Gasteiger partial charge is 0.248 e. The Balaban J connectivity index is 3.05. The third-order valence-corrected chi connectivity index (χ3v) is 4.14. The maximum Gasteiger partial charge on any atom is 0.248 e. The Kier molecular flexibility index (Phi) is 3.93. The van der Waals surface area contributed by atoms with E-state index in [1.165, 1.54) is 10.5 Å². The van der Waals surface area contributed by atoms with Crippen molar-refractivity contribution in [3.05, 3.63) is 6.20 Å². The Morgan fingerprint density at radius 3 is 2.56 bits per heavy atom. The highest BCUT2D eigenvalue weighted by Gasteiger charge is 2.26. The van der Waals surface area contributed by atoms with E-state index in [-0.39, 0.29) is 16.6 Å². The van der Waals surface area contributed by atoms with E-state index in [0.717, 1.165) is 0 Å². The van der Waals surface area contributed by atoms with E-state index in [4.69, 9.17) is 5.73 Å². The summed E-state index contributed by atoms with van der Waals surface area (Å²) in [6.45, 7) is 6.64. The van der Waals surface area contributed by atoms with Gasteiger partial charge >= 0.3 is 0 Å². The molecule has 16 heavy (non-hydrogen) atoms. The highest BCUT2D eigenvalue weighted by Crippen LogP contribution is 2.20. The minimum Gasteiger partial charge on any atom is -0.383 e. The molecule has 92 valence electrons. The van der Waals surface area contributed by atoms with Crippen molar-refractivity contribution in [2.24, 2.45) is 5.92 Å². The summed E-state index contributed by atoms with van der Waals surface area (Å²) >= 11 is 0. The van der Waals surface area contributed by atoms with E-state index < -0.39 is 10.0 Å². The standard InChI is InChI=1S/C9H18N4O2S/c1-4-13(6-7(2)3)16(14,15)8-5-11-12-9(8)10/h5,7H,4,6H2,1-3H3,(H3,10,11,12). The minimum absolute atomic E-state index is 0.0509. The van der Waals surface area contributed by atoms with Gasteiger partial charge in [0.2, 0.25) is 10.0 Å². The van der Waals surface area contributed by atoms with Crippen LogP contribution in [-0.2, 0) is 10.0 Å². The quantitative estimate of drug-likeness (QED) is 0.798. The third kappa shape index (κ3) is 2.53. The lowest BCUT2D eigenvalue weighted by molar-refractivity contribution is 0.381. The maximum atomic E-state index is 12.2. The van der Waals surface area contributed by atoms with Crippen molar-refractivity contribution < 1.29 is 8.42 Å². The Bertz CT molecular complexity index is 438. The van der Waals surface area contributed by atoms with Gasteiger partial charge in [-0.05, 0) is 5.92 Å². The molecule has 1 rings (SSSR count). The van der Waals surface area contributed by atoms with Gasteiger partial charge in [-0.15, -0.1) is 0 Å². The lowest BCUT2D eigenvalue weighted by Gasteiger charge is -2.21. The first-order chi connectivity index (χ1) is 7.39. The van der Waals surface area contributed by atoms with Gasteiger partial charge in [0.1, 0.15) is 10.7 Å². The predicted molar refractivity (Wildman–Crippen MR) is 62.3 cm³/mol. The number of aromatic amines is 1. The molecule has 1 heterocycles. The van der Waals surface area contributed by atoms with Crippen LogP contribution in [0.15, 0.2) is 11.1 Å². The largest absolute Gasteiger partial charge is 0.383 e. The molecule has 1 aromatic rings. The molecule has 1 aromatic heterocycles. The molecule has 7 heteroatoms. The summed E-state index contributed by atoms with van der Waals surface area (Å²) in [6, 6.07) is 0. The second-order valence-corrected chi connectivity index (χ2v) is 5.90. The monoisotopic (exact) mass is 246 g/mol. The van der Waals surface area contributed by atoms with Crippen LogP contribution in [-0.4, -0.2) is 36.0 Å². The molecule has 6 nitrogen and oxygen atoms in total. The van der Waals surface area contributed by atoms with Crippen molar-refractivity contribution in [3.63, 3.8) is 0 Å². The number of sulfonamides is 1. The summed E-state index contributed by atoms with van der Waals surface area (Å²) in [5, 5.41) is 6.06. The van der Waals surface area contributed by atoms with E-state index in [1.54, 1.807) is 6.92 Å². The van der Waals surface area contributed by atoms with Crippen molar-refractivity contribution in [2.75, 3.05) is 18.8 Å². The summed E-state index contributed by atoms with van der Waals surface area (Å²) in [5.41, 5.74) is 5.53. The molecular weight excluding hydrogens is 228 g/mol. The molecule has 0 amide bonds. The lowest BCUT2D eigenvalue weighted by Crippen LogP contribution is -2.34. The molecule has 0 aliphatic carbocycles. The van der Waals surface area contributed by atoms with Crippen molar-refractivity contribution in [1.29, 1.82) is 0 Å². The van der Waals surface area contributed by atoms with Crippen LogP contribution in [0.2, 0.25) is 0 Å². The van der Waals surface area contributed by atoms with Crippen molar-refractivity contribution in [2.45, 2.75) is 25.7 Å². The second kappa shape index (κ2) is 4.84. The maximum absolute atomic E-state index is 12.2. The summed E-state index contributed by atoms with van der Waals surface area (Å²) in [7, 11) is -3.52. The van der Waals surface area contributed by atoms with E-state index in [1.807, 2.05) is 13.8 Å². The van der Waals surface area contributed by atoms with Gasteiger partial charge in [-0.3, -0.25) is 5.10 Å². The third-order valence-electron chi connectivity index (χ3n) is 2.17. The first-order valence-corrected chi connectivity index (χ1v) is 6.62. The Morgan fingerprint density at radius 1 is 1.56 bits per heavy atom. The lowest BCUT2D eigenvalue weighted by atomic mass is 10.2. The number of nitrogens with two attached hydrogens (primary N) is 1. The van der Waals surface area contributed by atoms with Crippen LogP contribution >= 0.6 is 0 Å². The van der Waals surface area contributed by atoms with Crippen LogP contribution < -0.4 is 5.73 Å². The molecule has 0 fully saturated rings. The van der Waals surface area contributed by atoms with Crippen LogP contribution in [0.4, 0.5) is 5.82 Å². The number of aromatic nitrogens is 2. The SMILES string of the molecule is CCN(CC(C)C)S(=O)(=O)c1cn[nH]c1N. The van der Waals surface area contributed by atoms with Gasteiger partial charge in [0.15, 0.2) is 0 Å². The van der Waals surface area contributed by atoms with Crippen molar-refractivity contribution >= 4 is 15.8 Å². The number of nitrogens with zero attached hydrogens (tertiary/aromatic N) is 2. The first kappa shape index (κ1) is 13.0. The summed E-state index contributed by atoms with van der Waals surface area (Å²) in [6.07, 6.45) is 1.24. The van der Waals surface area contributed by atoms with Gasteiger partial charge in [-0.2, -0.15) is 9.40 Å². The number of anilines is 1. The zero-order chi connectivity index (χ0) is 12.3. The highest BCUT2D eigenvalue weighted by molar-refractivity contribution is 7.89. The normalized spacial score (nSPS) is 12.6. The second-order valence-electron chi connectivity index (χ2n) is 4.00. The zero-order valence-electron chi connectivity index (χ0n) is 9.77. The summed E-state index contributed by atoms with van der Waals surface area (Å²) in [5.74, 6) is 0.352. The van der Waals surface area contributed by atoms with Crippen LogP contribution in [0, 0.1) is 5.92 Å². The molecule has 0 radical (unpaired) electrons. The molecule has 0 saturated carbocycles. The van der Waals surface area contributed by atoms with Gasteiger partial charge < -0.3 is 5.73 Å². The van der Waals surface area contributed by atoms with Crippen LogP contribution in [0.5, 0.6) is 0 Å². The van der Waals surface area contributed by atoms with Gasteiger partial charge in [-0.1, -0.05) is 20.8 Å². The van der Waals surface area contributed by atoms with E-state index in [2.05, 4.69) is 10.2 Å². The Morgan fingerprint density at radius 2 is 2.19 bits per heavy atom. The van der Waals surface area contributed by atoms with Crippen LogP contribution in [0.1, 0.15) is 20.8 Å².